The zero-order valence-corrected chi connectivity index (χ0v) is 13.7. The van der Waals surface area contributed by atoms with Gasteiger partial charge >= 0.3 is 0 Å². The van der Waals surface area contributed by atoms with Crippen LogP contribution in [-0.4, -0.2) is 33.2 Å². The van der Waals surface area contributed by atoms with Gasteiger partial charge in [-0.3, -0.25) is 4.98 Å². The molecule has 2 N–H and O–H groups in total. The zero-order valence-electron chi connectivity index (χ0n) is 13.7. The molecule has 0 aliphatic carbocycles. The molecule has 0 spiro atoms. The Kier molecular flexibility index (Phi) is 5.08. The summed E-state index contributed by atoms with van der Waals surface area (Å²) in [5, 5.41) is 12.5. The topological polar surface area (TPSA) is 70.9 Å². The van der Waals surface area contributed by atoms with E-state index in [9.17, 15) is 0 Å². The van der Waals surface area contributed by atoms with E-state index in [2.05, 4.69) is 34.1 Å². The van der Waals surface area contributed by atoms with Crippen LogP contribution < -0.4 is 5.32 Å². The summed E-state index contributed by atoms with van der Waals surface area (Å²) in [5.41, 5.74) is 2.76. The minimum Gasteiger partial charge on any atom is -0.396 e. The van der Waals surface area contributed by atoms with E-state index in [1.54, 1.807) is 6.20 Å². The molecule has 0 fully saturated rings. The fourth-order valence-electron chi connectivity index (χ4n) is 2.12. The molecular formula is C17H24N4O. The highest BCUT2D eigenvalue weighted by molar-refractivity contribution is 5.56. The molecule has 0 aromatic carbocycles. The Labute approximate surface area is 131 Å². The number of rotatable bonds is 6. The normalized spacial score (nSPS) is 11.5. The van der Waals surface area contributed by atoms with Crippen LogP contribution in [0.5, 0.6) is 0 Å². The minimum absolute atomic E-state index is 0.00516. The number of aryl methyl sites for hydroxylation is 1. The van der Waals surface area contributed by atoms with Gasteiger partial charge in [-0.15, -0.1) is 0 Å². The lowest BCUT2D eigenvalue weighted by molar-refractivity contribution is 0.220. The van der Waals surface area contributed by atoms with Crippen LogP contribution in [0.4, 0.5) is 5.82 Å². The smallest absolute Gasteiger partial charge is 0.180 e. The van der Waals surface area contributed by atoms with Crippen LogP contribution in [-0.2, 0) is 0 Å². The van der Waals surface area contributed by atoms with Crippen molar-refractivity contribution in [3.63, 3.8) is 0 Å². The molecule has 2 aromatic rings. The number of nitrogens with one attached hydrogen (secondary N) is 1. The molecule has 0 aliphatic rings. The number of aliphatic hydroxyl groups is 1. The summed E-state index contributed by atoms with van der Waals surface area (Å²) in [5.74, 6) is 1.46. The summed E-state index contributed by atoms with van der Waals surface area (Å²) >= 11 is 0. The van der Waals surface area contributed by atoms with Crippen LogP contribution in [0.3, 0.4) is 0 Å². The largest absolute Gasteiger partial charge is 0.396 e. The van der Waals surface area contributed by atoms with E-state index in [0.29, 0.717) is 5.82 Å². The van der Waals surface area contributed by atoms with E-state index in [1.165, 1.54) is 0 Å². The number of nitrogens with zero attached hydrogens (tertiary/aromatic N) is 3. The third kappa shape index (κ3) is 4.01. The van der Waals surface area contributed by atoms with Crippen molar-refractivity contribution in [2.45, 2.75) is 34.1 Å². The van der Waals surface area contributed by atoms with E-state index >= 15 is 0 Å². The van der Waals surface area contributed by atoms with Crippen molar-refractivity contribution in [2.24, 2.45) is 5.41 Å². The lowest BCUT2D eigenvalue weighted by atomic mass is 9.90. The number of aromatic nitrogens is 3. The predicted molar refractivity (Wildman–Crippen MR) is 88.7 cm³/mol. The van der Waals surface area contributed by atoms with Gasteiger partial charge in [0.1, 0.15) is 11.5 Å². The van der Waals surface area contributed by atoms with Crippen molar-refractivity contribution >= 4 is 5.82 Å². The van der Waals surface area contributed by atoms with E-state index in [0.717, 1.165) is 35.7 Å². The maximum absolute atomic E-state index is 9.13. The number of pyridine rings is 1. The van der Waals surface area contributed by atoms with Gasteiger partial charge in [0.2, 0.25) is 0 Å². The summed E-state index contributed by atoms with van der Waals surface area (Å²) in [6, 6.07) is 5.71. The third-order valence-electron chi connectivity index (χ3n) is 3.81. The second-order valence-corrected chi connectivity index (χ2v) is 6.31. The maximum atomic E-state index is 9.13. The molecule has 5 nitrogen and oxygen atoms in total. The maximum Gasteiger partial charge on any atom is 0.180 e. The minimum atomic E-state index is 0.00516. The molecule has 0 radical (unpaired) electrons. The summed E-state index contributed by atoms with van der Waals surface area (Å²) in [7, 11) is 0. The summed E-state index contributed by atoms with van der Waals surface area (Å²) in [4.78, 5) is 13.5. The van der Waals surface area contributed by atoms with Gasteiger partial charge in [0, 0.05) is 30.6 Å². The first-order valence-electron chi connectivity index (χ1n) is 7.54. The van der Waals surface area contributed by atoms with E-state index in [1.807, 2.05) is 32.0 Å². The molecular weight excluding hydrogens is 276 g/mol. The van der Waals surface area contributed by atoms with Crippen LogP contribution in [0.15, 0.2) is 24.4 Å². The van der Waals surface area contributed by atoms with Gasteiger partial charge in [-0.05, 0) is 37.8 Å². The number of aliphatic hydroxyl groups excluding tert-OH is 1. The van der Waals surface area contributed by atoms with Crippen LogP contribution >= 0.6 is 0 Å². The summed E-state index contributed by atoms with van der Waals surface area (Å²) < 4.78 is 0. The standard InChI is InChI=1S/C17H24N4O/c1-12-13(2)20-16(14-7-5-6-9-18-14)21-15(12)19-11-17(3,4)8-10-22/h5-7,9,22H,8,10-11H2,1-4H3,(H,19,20,21). The molecule has 0 aliphatic heterocycles. The Bertz CT molecular complexity index is 626. The molecule has 0 bridgehead atoms. The average Bonchev–Trinajstić information content (AvgIpc) is 2.49. The van der Waals surface area contributed by atoms with Crippen molar-refractivity contribution in [3.05, 3.63) is 35.7 Å². The summed E-state index contributed by atoms with van der Waals surface area (Å²) in [6.45, 7) is 9.17. The monoisotopic (exact) mass is 300 g/mol. The predicted octanol–water partition coefficient (Wildman–Crippen LogP) is 2.98. The van der Waals surface area contributed by atoms with Crippen LogP contribution in [0.25, 0.3) is 11.5 Å². The molecule has 118 valence electrons. The van der Waals surface area contributed by atoms with Gasteiger partial charge < -0.3 is 10.4 Å². The van der Waals surface area contributed by atoms with Gasteiger partial charge in [0.25, 0.3) is 0 Å². The second-order valence-electron chi connectivity index (χ2n) is 6.31. The first-order valence-corrected chi connectivity index (χ1v) is 7.54. The first kappa shape index (κ1) is 16.4. The average molecular weight is 300 g/mol. The van der Waals surface area contributed by atoms with Crippen molar-refractivity contribution in [3.8, 4) is 11.5 Å². The number of anilines is 1. The molecule has 5 heteroatoms. The van der Waals surface area contributed by atoms with E-state index < -0.39 is 0 Å². The van der Waals surface area contributed by atoms with Gasteiger partial charge in [0.15, 0.2) is 5.82 Å². The number of hydrogen-bond acceptors (Lipinski definition) is 5. The Balaban J connectivity index is 2.26. The Morgan fingerprint density at radius 3 is 2.59 bits per heavy atom. The molecule has 2 aromatic heterocycles. The molecule has 0 unspecified atom stereocenters. The fraction of sp³-hybridized carbons (Fsp3) is 0.471. The fourth-order valence-corrected chi connectivity index (χ4v) is 2.12. The van der Waals surface area contributed by atoms with Crippen molar-refractivity contribution < 1.29 is 5.11 Å². The molecule has 0 saturated heterocycles. The number of hydrogen-bond donors (Lipinski definition) is 2. The molecule has 0 amide bonds. The zero-order chi connectivity index (χ0) is 16.2. The molecule has 0 atom stereocenters. The molecule has 2 rings (SSSR count). The van der Waals surface area contributed by atoms with E-state index in [4.69, 9.17) is 5.11 Å². The lowest BCUT2D eigenvalue weighted by Gasteiger charge is -2.25. The highest BCUT2D eigenvalue weighted by atomic mass is 16.3. The summed E-state index contributed by atoms with van der Waals surface area (Å²) in [6.07, 6.45) is 2.49. The van der Waals surface area contributed by atoms with Crippen molar-refractivity contribution in [1.29, 1.82) is 0 Å². The molecule has 2 heterocycles. The second kappa shape index (κ2) is 6.83. The van der Waals surface area contributed by atoms with Crippen LogP contribution in [0, 0.1) is 19.3 Å². The molecule has 22 heavy (non-hydrogen) atoms. The first-order chi connectivity index (χ1) is 10.4. The Morgan fingerprint density at radius 2 is 1.95 bits per heavy atom. The van der Waals surface area contributed by atoms with Gasteiger partial charge in [-0.25, -0.2) is 9.97 Å². The highest BCUT2D eigenvalue weighted by Crippen LogP contribution is 2.24. The highest BCUT2D eigenvalue weighted by Gasteiger charge is 2.18. The third-order valence-corrected chi connectivity index (χ3v) is 3.81. The Hall–Kier alpha value is -2.01. The lowest BCUT2D eigenvalue weighted by Crippen LogP contribution is -2.25. The quantitative estimate of drug-likeness (QED) is 0.858. The van der Waals surface area contributed by atoms with Gasteiger partial charge in [-0.1, -0.05) is 19.9 Å². The molecule has 0 saturated carbocycles. The SMILES string of the molecule is Cc1nc(-c2ccccn2)nc(NCC(C)(C)CCO)c1C. The van der Waals surface area contributed by atoms with Gasteiger partial charge in [0.05, 0.1) is 0 Å². The van der Waals surface area contributed by atoms with E-state index in [-0.39, 0.29) is 12.0 Å². The van der Waals surface area contributed by atoms with Gasteiger partial charge in [-0.2, -0.15) is 0 Å². The Morgan fingerprint density at radius 1 is 1.18 bits per heavy atom. The van der Waals surface area contributed by atoms with Crippen molar-refractivity contribution in [1.82, 2.24) is 15.0 Å². The van der Waals surface area contributed by atoms with Crippen LogP contribution in [0.1, 0.15) is 31.5 Å². The van der Waals surface area contributed by atoms with Crippen LogP contribution in [0.2, 0.25) is 0 Å². The van der Waals surface area contributed by atoms with Crippen molar-refractivity contribution in [2.75, 3.05) is 18.5 Å².